The molecule has 0 saturated carbocycles. The average molecular weight is 326 g/mol. The van der Waals surface area contributed by atoms with Crippen LogP contribution in [0.1, 0.15) is 42.5 Å². The van der Waals surface area contributed by atoms with Gasteiger partial charge in [-0.05, 0) is 50.3 Å². The van der Waals surface area contributed by atoms with Crippen LogP contribution in [0.4, 0.5) is 0 Å². The molecule has 1 aliphatic rings. The number of hydrogen-bond donors (Lipinski definition) is 2. The van der Waals surface area contributed by atoms with Crippen LogP contribution in [0.25, 0.3) is 10.9 Å². The van der Waals surface area contributed by atoms with Gasteiger partial charge in [-0.1, -0.05) is 11.6 Å². The molecule has 0 aliphatic heterocycles. The number of allylic oxidation sites excluding steroid dienone is 1. The Hall–Kier alpha value is -2.56. The number of Topliss-reactive ketones (excluding diaryl/α,β-unsaturated/α-hetero) is 1. The first kappa shape index (κ1) is 16.3. The van der Waals surface area contributed by atoms with Crippen molar-refractivity contribution in [1.29, 1.82) is 0 Å². The fourth-order valence-corrected chi connectivity index (χ4v) is 3.09. The number of aromatic amines is 1. The molecule has 5 nitrogen and oxygen atoms in total. The largest absolute Gasteiger partial charge is 0.497 e. The maximum absolute atomic E-state index is 12.4. The van der Waals surface area contributed by atoms with Crippen LogP contribution in [0.2, 0.25) is 0 Å². The fourth-order valence-electron chi connectivity index (χ4n) is 3.09. The number of ether oxygens (including phenoxy) is 1. The van der Waals surface area contributed by atoms with Gasteiger partial charge in [-0.3, -0.25) is 9.59 Å². The second kappa shape index (κ2) is 7.34. The summed E-state index contributed by atoms with van der Waals surface area (Å²) in [6.45, 7) is 0.502. The van der Waals surface area contributed by atoms with Crippen molar-refractivity contribution in [3.8, 4) is 5.75 Å². The van der Waals surface area contributed by atoms with Gasteiger partial charge in [0.1, 0.15) is 5.75 Å². The molecule has 0 fully saturated rings. The molecule has 0 saturated heterocycles. The zero-order valence-electron chi connectivity index (χ0n) is 13.9. The third kappa shape index (κ3) is 3.50. The molecule has 3 rings (SSSR count). The fraction of sp³-hybridized carbons (Fsp3) is 0.368. The Morgan fingerprint density at radius 1 is 1.29 bits per heavy atom. The van der Waals surface area contributed by atoms with Crippen LogP contribution in [-0.2, 0) is 4.79 Å². The predicted octanol–water partition coefficient (Wildman–Crippen LogP) is 3.37. The molecule has 1 aliphatic carbocycles. The van der Waals surface area contributed by atoms with Crippen molar-refractivity contribution in [1.82, 2.24) is 10.3 Å². The van der Waals surface area contributed by atoms with Crippen LogP contribution < -0.4 is 10.1 Å². The molecule has 126 valence electrons. The highest BCUT2D eigenvalue weighted by molar-refractivity contribution is 6.45. The molecule has 0 bridgehead atoms. The van der Waals surface area contributed by atoms with E-state index in [1.807, 2.05) is 12.1 Å². The Bertz CT molecular complexity index is 789. The van der Waals surface area contributed by atoms with Gasteiger partial charge >= 0.3 is 0 Å². The lowest BCUT2D eigenvalue weighted by Crippen LogP contribution is -2.32. The molecule has 1 amide bonds. The average Bonchev–Trinajstić information content (AvgIpc) is 3.04. The first-order valence-corrected chi connectivity index (χ1v) is 8.34. The van der Waals surface area contributed by atoms with E-state index >= 15 is 0 Å². The Morgan fingerprint density at radius 2 is 2.17 bits per heavy atom. The smallest absolute Gasteiger partial charge is 0.292 e. The van der Waals surface area contributed by atoms with E-state index in [0.717, 1.165) is 24.8 Å². The zero-order valence-corrected chi connectivity index (χ0v) is 13.9. The molecule has 1 aromatic heterocycles. The van der Waals surface area contributed by atoms with Crippen molar-refractivity contribution in [2.75, 3.05) is 13.7 Å². The van der Waals surface area contributed by atoms with E-state index in [2.05, 4.69) is 16.4 Å². The number of nitrogens with one attached hydrogen (secondary N) is 2. The minimum Gasteiger partial charge on any atom is -0.497 e. The van der Waals surface area contributed by atoms with Gasteiger partial charge in [0.25, 0.3) is 11.7 Å². The van der Waals surface area contributed by atoms with Crippen LogP contribution in [0, 0.1) is 0 Å². The van der Waals surface area contributed by atoms with Crippen molar-refractivity contribution in [3.05, 3.63) is 41.6 Å². The second-order valence-electron chi connectivity index (χ2n) is 6.06. The van der Waals surface area contributed by atoms with E-state index in [-0.39, 0.29) is 0 Å². The number of methoxy groups -OCH3 is 1. The minimum absolute atomic E-state index is 0.373. The van der Waals surface area contributed by atoms with E-state index in [0.29, 0.717) is 23.2 Å². The number of hydrogen-bond acceptors (Lipinski definition) is 3. The van der Waals surface area contributed by atoms with Crippen molar-refractivity contribution in [2.24, 2.45) is 0 Å². The number of amides is 1. The predicted molar refractivity (Wildman–Crippen MR) is 93.4 cm³/mol. The van der Waals surface area contributed by atoms with Crippen molar-refractivity contribution < 1.29 is 14.3 Å². The van der Waals surface area contributed by atoms with Gasteiger partial charge in [-0.15, -0.1) is 0 Å². The topological polar surface area (TPSA) is 71.2 Å². The summed E-state index contributed by atoms with van der Waals surface area (Å²) in [6, 6.07) is 5.41. The van der Waals surface area contributed by atoms with E-state index in [9.17, 15) is 9.59 Å². The van der Waals surface area contributed by atoms with Crippen LogP contribution in [-0.4, -0.2) is 30.3 Å². The highest BCUT2D eigenvalue weighted by Crippen LogP contribution is 2.24. The lowest BCUT2D eigenvalue weighted by Gasteiger charge is -2.12. The van der Waals surface area contributed by atoms with Crippen LogP contribution >= 0.6 is 0 Å². The summed E-state index contributed by atoms with van der Waals surface area (Å²) in [6.07, 6.45) is 9.35. The van der Waals surface area contributed by atoms with Gasteiger partial charge < -0.3 is 15.0 Å². The van der Waals surface area contributed by atoms with Gasteiger partial charge in [-0.25, -0.2) is 0 Å². The summed E-state index contributed by atoms with van der Waals surface area (Å²) in [4.78, 5) is 27.6. The number of benzene rings is 1. The van der Waals surface area contributed by atoms with E-state index in [1.54, 1.807) is 19.4 Å². The van der Waals surface area contributed by atoms with E-state index in [1.165, 1.54) is 18.4 Å². The molecule has 2 N–H and O–H groups in total. The van der Waals surface area contributed by atoms with Crippen molar-refractivity contribution >= 4 is 22.6 Å². The summed E-state index contributed by atoms with van der Waals surface area (Å²) >= 11 is 0. The lowest BCUT2D eigenvalue weighted by molar-refractivity contribution is -0.116. The van der Waals surface area contributed by atoms with E-state index < -0.39 is 11.7 Å². The second-order valence-corrected chi connectivity index (χ2v) is 6.06. The minimum atomic E-state index is -0.560. The number of aromatic nitrogens is 1. The molecule has 0 spiro atoms. The number of fused-ring (bicyclic) bond motifs is 1. The molecule has 0 radical (unpaired) electrons. The Morgan fingerprint density at radius 3 is 2.92 bits per heavy atom. The molecule has 1 heterocycles. The number of carbonyl (C=O) groups excluding carboxylic acids is 2. The van der Waals surface area contributed by atoms with Gasteiger partial charge in [0.05, 0.1) is 12.7 Å². The first-order chi connectivity index (χ1) is 11.7. The standard InChI is InChI=1S/C19H22N2O3/c1-24-14-7-8-17-15(11-14)16(12-21-17)18(22)19(23)20-10-9-13-5-3-2-4-6-13/h5,7-8,11-12,21H,2-4,6,9-10H2,1H3,(H,20,23). The Labute approximate surface area is 141 Å². The summed E-state index contributed by atoms with van der Waals surface area (Å²) in [5.74, 6) is -0.428. The molecular weight excluding hydrogens is 304 g/mol. The number of rotatable bonds is 6. The molecule has 1 aromatic carbocycles. The zero-order chi connectivity index (χ0) is 16.9. The van der Waals surface area contributed by atoms with Gasteiger partial charge in [-0.2, -0.15) is 0 Å². The summed E-state index contributed by atoms with van der Waals surface area (Å²) in [7, 11) is 1.57. The lowest BCUT2D eigenvalue weighted by atomic mass is 9.97. The molecule has 0 unspecified atom stereocenters. The summed E-state index contributed by atoms with van der Waals surface area (Å²) in [5.41, 5.74) is 2.56. The molecule has 2 aromatic rings. The maximum Gasteiger partial charge on any atom is 0.292 e. The van der Waals surface area contributed by atoms with E-state index in [4.69, 9.17) is 4.74 Å². The maximum atomic E-state index is 12.4. The Balaban J connectivity index is 1.65. The first-order valence-electron chi connectivity index (χ1n) is 8.34. The highest BCUT2D eigenvalue weighted by atomic mass is 16.5. The summed E-state index contributed by atoms with van der Waals surface area (Å²) < 4.78 is 5.19. The third-order valence-corrected chi connectivity index (χ3v) is 4.46. The summed E-state index contributed by atoms with van der Waals surface area (Å²) in [5, 5.41) is 3.44. The molecule has 5 heteroatoms. The Kier molecular flexibility index (Phi) is 4.99. The molecular formula is C19H22N2O3. The van der Waals surface area contributed by atoms with Crippen LogP contribution in [0.15, 0.2) is 36.0 Å². The molecule has 24 heavy (non-hydrogen) atoms. The number of H-pyrrole nitrogens is 1. The SMILES string of the molecule is COc1ccc2[nH]cc(C(=O)C(=O)NCCC3=CCCCC3)c2c1. The van der Waals surface area contributed by atoms with Crippen LogP contribution in [0.5, 0.6) is 5.75 Å². The quantitative estimate of drug-likeness (QED) is 0.486. The van der Waals surface area contributed by atoms with Crippen molar-refractivity contribution in [3.63, 3.8) is 0 Å². The number of ketones is 1. The third-order valence-electron chi connectivity index (χ3n) is 4.46. The number of carbonyl (C=O) groups is 2. The van der Waals surface area contributed by atoms with Gasteiger partial charge in [0, 0.05) is 23.6 Å². The van der Waals surface area contributed by atoms with Crippen molar-refractivity contribution in [2.45, 2.75) is 32.1 Å². The normalized spacial score (nSPS) is 14.3. The monoisotopic (exact) mass is 326 g/mol. The van der Waals surface area contributed by atoms with Gasteiger partial charge in [0.2, 0.25) is 0 Å². The van der Waals surface area contributed by atoms with Gasteiger partial charge in [0.15, 0.2) is 0 Å². The highest BCUT2D eigenvalue weighted by Gasteiger charge is 2.20. The van der Waals surface area contributed by atoms with Crippen LogP contribution in [0.3, 0.4) is 0 Å². The molecule has 0 atom stereocenters.